The molecule has 0 radical (unpaired) electrons. The van der Waals surface area contributed by atoms with Gasteiger partial charge >= 0.3 is 5.97 Å². The zero-order chi connectivity index (χ0) is 22.9. The Balaban J connectivity index is 1.52. The molecule has 1 aromatic carbocycles. The third kappa shape index (κ3) is 6.68. The summed E-state index contributed by atoms with van der Waals surface area (Å²) in [6.07, 6.45) is 8.56. The molecule has 5 nitrogen and oxygen atoms in total. The summed E-state index contributed by atoms with van der Waals surface area (Å²) in [4.78, 5) is 26.2. The van der Waals surface area contributed by atoms with E-state index in [1.54, 1.807) is 23.1 Å². The highest BCUT2D eigenvalue weighted by Crippen LogP contribution is 2.22. The highest BCUT2D eigenvalue weighted by Gasteiger charge is 2.28. The van der Waals surface area contributed by atoms with E-state index in [-0.39, 0.29) is 17.9 Å². The molecular formula is C26H27NO4S. The summed E-state index contributed by atoms with van der Waals surface area (Å²) in [5.41, 5.74) is 0.958. The van der Waals surface area contributed by atoms with Crippen molar-refractivity contribution in [2.75, 3.05) is 6.54 Å². The van der Waals surface area contributed by atoms with E-state index in [1.807, 2.05) is 55.5 Å². The summed E-state index contributed by atoms with van der Waals surface area (Å²) in [7, 11) is 0. The molecule has 3 atom stereocenters. The Morgan fingerprint density at radius 1 is 1.28 bits per heavy atom. The maximum absolute atomic E-state index is 12.3. The lowest BCUT2D eigenvalue weighted by atomic mass is 9.99. The molecule has 0 saturated carbocycles. The molecule has 166 valence electrons. The maximum Gasteiger partial charge on any atom is 0.345 e. The number of aliphatic hydroxyl groups is 1. The monoisotopic (exact) mass is 449 g/mol. The van der Waals surface area contributed by atoms with Gasteiger partial charge in [-0.3, -0.25) is 4.79 Å². The van der Waals surface area contributed by atoms with E-state index < -0.39 is 12.1 Å². The van der Waals surface area contributed by atoms with Crippen LogP contribution in [-0.2, 0) is 4.79 Å². The van der Waals surface area contributed by atoms with Crippen LogP contribution >= 0.6 is 11.3 Å². The number of nitrogens with zero attached hydrogens (tertiary/aromatic N) is 1. The number of hydrogen-bond acceptors (Lipinski definition) is 4. The molecule has 1 unspecified atom stereocenters. The van der Waals surface area contributed by atoms with Crippen LogP contribution in [0.1, 0.15) is 46.3 Å². The Hall–Kier alpha value is -3.14. The van der Waals surface area contributed by atoms with Crippen molar-refractivity contribution >= 4 is 29.3 Å². The molecule has 3 rings (SSSR count). The molecule has 1 saturated heterocycles. The van der Waals surface area contributed by atoms with Crippen LogP contribution in [0.5, 0.6) is 0 Å². The number of aliphatic hydroxyl groups excluding tert-OH is 1. The van der Waals surface area contributed by atoms with E-state index in [0.29, 0.717) is 24.3 Å². The fraction of sp³-hybridized carbons (Fsp3) is 0.308. The molecule has 0 bridgehead atoms. The van der Waals surface area contributed by atoms with Gasteiger partial charge in [0.05, 0.1) is 12.1 Å². The summed E-state index contributed by atoms with van der Waals surface area (Å²) in [5.74, 6) is 5.36. The van der Waals surface area contributed by atoms with Gasteiger partial charge in [-0.1, -0.05) is 55.2 Å². The summed E-state index contributed by atoms with van der Waals surface area (Å²) in [6, 6.07) is 13.0. The zero-order valence-electron chi connectivity index (χ0n) is 18.0. The van der Waals surface area contributed by atoms with E-state index in [2.05, 4.69) is 11.8 Å². The number of carbonyl (C=O) groups is 2. The standard InChI is InChI=1S/C26H27NO4S/c1-19(7-5-10-20-8-3-2-4-9-20)23(28)15-12-21-13-17-25(29)27(21)18-6-11-22-14-16-24(32-22)26(30)31/h2-4,6,8-9,11-12,14-16,19,21,23,28H,7,13,17-18H2,1H3,(H,30,31)/b11-6?,15-12-/t19?,21-,23+/m0/s1. The van der Waals surface area contributed by atoms with E-state index >= 15 is 0 Å². The van der Waals surface area contributed by atoms with Gasteiger partial charge in [-0.05, 0) is 42.7 Å². The zero-order valence-corrected chi connectivity index (χ0v) is 18.8. The number of rotatable bonds is 8. The van der Waals surface area contributed by atoms with Crippen LogP contribution in [-0.4, -0.2) is 45.7 Å². The molecule has 1 aromatic heterocycles. The lowest BCUT2D eigenvalue weighted by Crippen LogP contribution is -2.32. The van der Waals surface area contributed by atoms with Crippen molar-refractivity contribution in [1.29, 1.82) is 0 Å². The SMILES string of the molecule is CC(CC#Cc1ccccc1)[C@H](O)/C=C\[C@H]1CCC(=O)N1CC=Cc1ccc(C(=O)O)s1. The van der Waals surface area contributed by atoms with Crippen LogP contribution < -0.4 is 0 Å². The third-order valence-corrected chi connectivity index (χ3v) is 6.38. The number of carboxylic acid groups (broad SMARTS) is 1. The van der Waals surface area contributed by atoms with Crippen LogP contribution in [0.3, 0.4) is 0 Å². The minimum atomic E-state index is -0.937. The first-order chi connectivity index (χ1) is 15.4. The van der Waals surface area contributed by atoms with Crippen LogP contribution in [0.2, 0.25) is 0 Å². The van der Waals surface area contributed by atoms with Crippen LogP contribution in [0.4, 0.5) is 0 Å². The average molecular weight is 450 g/mol. The summed E-state index contributed by atoms with van der Waals surface area (Å²) >= 11 is 1.20. The number of benzene rings is 1. The molecule has 1 amide bonds. The first-order valence-electron chi connectivity index (χ1n) is 10.6. The van der Waals surface area contributed by atoms with Gasteiger partial charge in [0, 0.05) is 29.8 Å². The molecule has 2 aromatic rings. The average Bonchev–Trinajstić information content (AvgIpc) is 3.40. The van der Waals surface area contributed by atoms with Gasteiger partial charge in [0.15, 0.2) is 0 Å². The first-order valence-corrected chi connectivity index (χ1v) is 11.4. The molecular weight excluding hydrogens is 422 g/mol. The summed E-state index contributed by atoms with van der Waals surface area (Å²) < 4.78 is 0. The highest BCUT2D eigenvalue weighted by atomic mass is 32.1. The lowest BCUT2D eigenvalue weighted by Gasteiger charge is -2.21. The van der Waals surface area contributed by atoms with Crippen molar-refractivity contribution < 1.29 is 19.8 Å². The summed E-state index contributed by atoms with van der Waals surface area (Å²) in [5, 5.41) is 19.5. The van der Waals surface area contributed by atoms with Crippen molar-refractivity contribution in [2.45, 2.75) is 38.3 Å². The number of likely N-dealkylation sites (tertiary alicyclic amines) is 1. The minimum absolute atomic E-state index is 0.0184. The molecule has 6 heteroatoms. The van der Waals surface area contributed by atoms with Crippen LogP contribution in [0, 0.1) is 17.8 Å². The van der Waals surface area contributed by atoms with Gasteiger partial charge in [-0.25, -0.2) is 4.79 Å². The Morgan fingerprint density at radius 3 is 2.78 bits per heavy atom. The van der Waals surface area contributed by atoms with Crippen molar-refractivity contribution in [3.63, 3.8) is 0 Å². The van der Waals surface area contributed by atoms with Crippen LogP contribution in [0.15, 0.2) is 60.7 Å². The highest BCUT2D eigenvalue weighted by molar-refractivity contribution is 7.14. The van der Waals surface area contributed by atoms with E-state index in [0.717, 1.165) is 16.9 Å². The molecule has 2 heterocycles. The fourth-order valence-corrected chi connectivity index (χ4v) is 4.20. The maximum atomic E-state index is 12.3. The van der Waals surface area contributed by atoms with Gasteiger partial charge < -0.3 is 15.1 Å². The van der Waals surface area contributed by atoms with Crippen molar-refractivity contribution in [1.82, 2.24) is 4.90 Å². The van der Waals surface area contributed by atoms with E-state index in [4.69, 9.17) is 5.11 Å². The molecule has 1 aliphatic rings. The van der Waals surface area contributed by atoms with Gasteiger partial charge in [-0.15, -0.1) is 11.3 Å². The fourth-order valence-electron chi connectivity index (χ4n) is 3.42. The smallest absolute Gasteiger partial charge is 0.345 e. The Bertz CT molecular complexity index is 1040. The minimum Gasteiger partial charge on any atom is -0.477 e. The third-order valence-electron chi connectivity index (χ3n) is 5.34. The predicted molar refractivity (Wildman–Crippen MR) is 127 cm³/mol. The second-order valence-corrected chi connectivity index (χ2v) is 8.90. The number of carbonyl (C=O) groups excluding carboxylic acids is 1. The van der Waals surface area contributed by atoms with Crippen molar-refractivity contribution in [2.24, 2.45) is 5.92 Å². The Morgan fingerprint density at radius 2 is 2.06 bits per heavy atom. The van der Waals surface area contributed by atoms with Gasteiger partial charge in [-0.2, -0.15) is 0 Å². The molecule has 1 fully saturated rings. The normalized spacial score (nSPS) is 18.1. The second-order valence-electron chi connectivity index (χ2n) is 7.79. The number of hydrogen-bond donors (Lipinski definition) is 2. The van der Waals surface area contributed by atoms with E-state index in [1.165, 1.54) is 11.3 Å². The predicted octanol–water partition coefficient (Wildman–Crippen LogP) is 4.45. The summed E-state index contributed by atoms with van der Waals surface area (Å²) in [6.45, 7) is 2.41. The molecule has 2 N–H and O–H groups in total. The lowest BCUT2D eigenvalue weighted by molar-refractivity contribution is -0.127. The first kappa shape index (κ1) is 23.5. The van der Waals surface area contributed by atoms with Crippen molar-refractivity contribution in [3.8, 4) is 11.8 Å². The van der Waals surface area contributed by atoms with E-state index in [9.17, 15) is 14.7 Å². The Kier molecular flexibility index (Phi) is 8.43. The van der Waals surface area contributed by atoms with Gasteiger partial charge in [0.25, 0.3) is 0 Å². The molecule has 1 aliphatic heterocycles. The van der Waals surface area contributed by atoms with Gasteiger partial charge in [0.2, 0.25) is 5.91 Å². The number of carboxylic acids is 1. The topological polar surface area (TPSA) is 77.8 Å². The van der Waals surface area contributed by atoms with Gasteiger partial charge in [0.1, 0.15) is 4.88 Å². The van der Waals surface area contributed by atoms with Crippen LogP contribution in [0.25, 0.3) is 6.08 Å². The molecule has 32 heavy (non-hydrogen) atoms. The molecule has 0 spiro atoms. The largest absolute Gasteiger partial charge is 0.477 e. The number of thiophene rings is 1. The molecule has 0 aliphatic carbocycles. The number of amides is 1. The Labute approximate surface area is 192 Å². The number of aromatic carboxylic acids is 1. The second kappa shape index (κ2) is 11.5. The van der Waals surface area contributed by atoms with Crippen molar-refractivity contribution in [3.05, 3.63) is 76.0 Å². The quantitative estimate of drug-likeness (QED) is 0.461.